The number of fused-ring (bicyclic) bond motifs is 1. The van der Waals surface area contributed by atoms with Gasteiger partial charge < -0.3 is 11.1 Å². The number of rotatable bonds is 4. The summed E-state index contributed by atoms with van der Waals surface area (Å²) in [7, 11) is 0. The minimum Gasteiger partial charge on any atom is -0.375 e. The minimum absolute atomic E-state index is 0.0749. The average Bonchev–Trinajstić information content (AvgIpc) is 3.02. The van der Waals surface area contributed by atoms with Crippen molar-refractivity contribution in [3.63, 3.8) is 0 Å². The molecule has 6 nitrogen and oxygen atoms in total. The van der Waals surface area contributed by atoms with Crippen LogP contribution in [0.1, 0.15) is 10.6 Å². The Morgan fingerprint density at radius 1 is 1.32 bits per heavy atom. The lowest BCUT2D eigenvalue weighted by atomic mass is 10.2. The maximum atomic E-state index is 12.0. The highest BCUT2D eigenvalue weighted by Crippen LogP contribution is 2.29. The number of amides is 1. The van der Waals surface area contributed by atoms with Crippen LogP contribution >= 0.6 is 34.4 Å². The number of aryl methyl sites for hydroxylation is 2. The van der Waals surface area contributed by atoms with Gasteiger partial charge in [-0.25, -0.2) is 4.98 Å². The van der Waals surface area contributed by atoms with Gasteiger partial charge in [0.2, 0.25) is 5.91 Å². The number of hydrogen-bond acceptors (Lipinski definition) is 8. The van der Waals surface area contributed by atoms with Crippen LogP contribution in [0.2, 0.25) is 0 Å². The highest BCUT2D eigenvalue weighted by molar-refractivity contribution is 8.01. The van der Waals surface area contributed by atoms with E-state index in [9.17, 15) is 4.79 Å². The second kappa shape index (κ2) is 6.19. The second-order valence-corrected chi connectivity index (χ2v) is 8.08. The lowest BCUT2D eigenvalue weighted by molar-refractivity contribution is -0.113. The number of benzene rings is 1. The molecule has 0 aliphatic carbocycles. The van der Waals surface area contributed by atoms with Crippen LogP contribution < -0.4 is 11.1 Å². The highest BCUT2D eigenvalue weighted by atomic mass is 32.2. The third-order valence-corrected chi connectivity index (χ3v) is 5.62. The predicted molar refractivity (Wildman–Crippen MR) is 92.8 cm³/mol. The largest absolute Gasteiger partial charge is 0.375 e. The first-order valence-corrected chi connectivity index (χ1v) is 9.02. The van der Waals surface area contributed by atoms with Gasteiger partial charge in [-0.15, -0.1) is 10.2 Å². The quantitative estimate of drug-likeness (QED) is 0.702. The molecule has 0 unspecified atom stereocenters. The Morgan fingerprint density at radius 2 is 2.14 bits per heavy atom. The Labute approximate surface area is 139 Å². The van der Waals surface area contributed by atoms with Crippen LogP contribution in [-0.2, 0) is 4.79 Å². The van der Waals surface area contributed by atoms with Gasteiger partial charge >= 0.3 is 0 Å². The highest BCUT2D eigenvalue weighted by Gasteiger charge is 2.10. The number of anilines is 2. The van der Waals surface area contributed by atoms with Gasteiger partial charge in [0, 0.05) is 5.69 Å². The van der Waals surface area contributed by atoms with Crippen molar-refractivity contribution in [3.05, 3.63) is 22.7 Å². The molecule has 0 saturated carbocycles. The van der Waals surface area contributed by atoms with Crippen molar-refractivity contribution in [3.8, 4) is 0 Å². The van der Waals surface area contributed by atoms with E-state index in [-0.39, 0.29) is 5.91 Å². The molecule has 3 aromatic rings. The summed E-state index contributed by atoms with van der Waals surface area (Å²) in [6.45, 7) is 3.84. The van der Waals surface area contributed by atoms with Crippen molar-refractivity contribution in [1.29, 1.82) is 0 Å². The van der Waals surface area contributed by atoms with Gasteiger partial charge in [-0.3, -0.25) is 4.79 Å². The molecule has 0 aliphatic heterocycles. The molecule has 0 spiro atoms. The number of hydrogen-bond donors (Lipinski definition) is 2. The van der Waals surface area contributed by atoms with Gasteiger partial charge in [0.1, 0.15) is 5.01 Å². The molecule has 114 valence electrons. The Bertz CT molecular complexity index is 841. The summed E-state index contributed by atoms with van der Waals surface area (Å²) in [6.07, 6.45) is 0. The van der Waals surface area contributed by atoms with Crippen LogP contribution in [0.5, 0.6) is 0 Å². The molecule has 0 aliphatic rings. The van der Waals surface area contributed by atoms with Gasteiger partial charge in [-0.05, 0) is 31.5 Å². The Kier molecular flexibility index (Phi) is 4.27. The van der Waals surface area contributed by atoms with Crippen LogP contribution in [0.4, 0.5) is 10.8 Å². The van der Waals surface area contributed by atoms with Crippen LogP contribution in [-0.4, -0.2) is 26.8 Å². The van der Waals surface area contributed by atoms with E-state index in [2.05, 4.69) is 20.5 Å². The van der Waals surface area contributed by atoms with E-state index in [4.69, 9.17) is 5.73 Å². The molecule has 1 aromatic carbocycles. The van der Waals surface area contributed by atoms with E-state index >= 15 is 0 Å². The molecule has 3 N–H and O–H groups in total. The Balaban J connectivity index is 1.68. The van der Waals surface area contributed by atoms with Crippen molar-refractivity contribution in [2.45, 2.75) is 18.2 Å². The number of thiazole rings is 1. The first-order chi connectivity index (χ1) is 10.5. The normalized spacial score (nSPS) is 11.0. The molecular weight excluding hydrogens is 338 g/mol. The number of nitrogens with one attached hydrogen (secondary N) is 1. The molecule has 2 heterocycles. The van der Waals surface area contributed by atoms with Crippen LogP contribution in [0, 0.1) is 13.8 Å². The first kappa shape index (κ1) is 15.2. The van der Waals surface area contributed by atoms with Gasteiger partial charge in [-0.2, -0.15) is 0 Å². The van der Waals surface area contributed by atoms with E-state index in [0.29, 0.717) is 10.9 Å². The molecule has 0 bridgehead atoms. The summed E-state index contributed by atoms with van der Waals surface area (Å²) in [5.74, 6) is 0.227. The van der Waals surface area contributed by atoms with Crippen LogP contribution in [0.3, 0.4) is 0 Å². The predicted octanol–water partition coefficient (Wildman–Crippen LogP) is 3.08. The fourth-order valence-electron chi connectivity index (χ4n) is 1.95. The number of nitrogens with two attached hydrogens (primary N) is 1. The van der Waals surface area contributed by atoms with Crippen molar-refractivity contribution >= 4 is 61.4 Å². The van der Waals surface area contributed by atoms with Gasteiger partial charge in [0.05, 0.1) is 16.0 Å². The lowest BCUT2D eigenvalue weighted by Gasteiger charge is -2.05. The van der Waals surface area contributed by atoms with Gasteiger partial charge in [-0.1, -0.05) is 34.4 Å². The van der Waals surface area contributed by atoms with Crippen molar-refractivity contribution < 1.29 is 4.79 Å². The summed E-state index contributed by atoms with van der Waals surface area (Å²) in [6, 6.07) is 3.80. The molecule has 0 fully saturated rings. The summed E-state index contributed by atoms with van der Waals surface area (Å²) < 4.78 is 1.77. The fraction of sp³-hybridized carbons (Fsp3) is 0.231. The number of aromatic nitrogens is 3. The van der Waals surface area contributed by atoms with E-state index in [1.807, 2.05) is 26.0 Å². The third-order valence-electron chi connectivity index (χ3n) is 2.82. The molecule has 9 heteroatoms. The maximum absolute atomic E-state index is 12.0. The van der Waals surface area contributed by atoms with Crippen LogP contribution in [0.25, 0.3) is 10.2 Å². The monoisotopic (exact) mass is 351 g/mol. The summed E-state index contributed by atoms with van der Waals surface area (Å²) >= 11 is 4.28. The number of nitrogens with zero attached hydrogens (tertiary/aromatic N) is 3. The van der Waals surface area contributed by atoms with E-state index < -0.39 is 0 Å². The second-order valence-electron chi connectivity index (χ2n) is 4.62. The van der Waals surface area contributed by atoms with Gasteiger partial charge in [0.15, 0.2) is 9.47 Å². The van der Waals surface area contributed by atoms with E-state index in [1.54, 1.807) is 0 Å². The smallest absolute Gasteiger partial charge is 0.234 e. The molecule has 0 saturated heterocycles. The summed E-state index contributed by atoms with van der Waals surface area (Å²) in [5.41, 5.74) is 8.37. The number of thioether (sulfide) groups is 1. The first-order valence-electron chi connectivity index (χ1n) is 6.40. The molecule has 0 atom stereocenters. The zero-order valence-electron chi connectivity index (χ0n) is 11.9. The zero-order valence-corrected chi connectivity index (χ0v) is 14.4. The molecule has 1 amide bonds. The number of nitrogen functional groups attached to an aromatic ring is 1. The Hall–Kier alpha value is -1.71. The molecule has 22 heavy (non-hydrogen) atoms. The third kappa shape index (κ3) is 3.37. The van der Waals surface area contributed by atoms with Crippen molar-refractivity contribution in [1.82, 2.24) is 15.2 Å². The minimum atomic E-state index is -0.0749. The standard InChI is InChI=1S/C13H13N5OS3/c1-6-3-8(4-9-11(6)16-12(14)22-9)15-10(19)5-20-13-18-17-7(2)21-13/h3-4H,5H2,1-2H3,(H2,14,16)(H,15,19). The summed E-state index contributed by atoms with van der Waals surface area (Å²) in [5, 5.41) is 12.2. The van der Waals surface area contributed by atoms with Crippen molar-refractivity contribution in [2.75, 3.05) is 16.8 Å². The SMILES string of the molecule is Cc1nnc(SCC(=O)Nc2cc(C)c3nc(N)sc3c2)s1. The molecule has 2 aromatic heterocycles. The van der Waals surface area contributed by atoms with Gasteiger partial charge in [0.25, 0.3) is 0 Å². The summed E-state index contributed by atoms with van der Waals surface area (Å²) in [4.78, 5) is 16.3. The van der Waals surface area contributed by atoms with Crippen molar-refractivity contribution in [2.24, 2.45) is 0 Å². The lowest BCUT2D eigenvalue weighted by Crippen LogP contribution is -2.14. The number of carbonyl (C=O) groups excluding carboxylic acids is 1. The maximum Gasteiger partial charge on any atom is 0.234 e. The number of carbonyl (C=O) groups is 1. The van der Waals surface area contributed by atoms with E-state index in [1.165, 1.54) is 34.4 Å². The zero-order chi connectivity index (χ0) is 15.7. The molecular formula is C13H13N5OS3. The van der Waals surface area contributed by atoms with Crippen LogP contribution in [0.15, 0.2) is 16.5 Å². The molecule has 0 radical (unpaired) electrons. The molecule has 3 rings (SSSR count). The average molecular weight is 351 g/mol. The Morgan fingerprint density at radius 3 is 2.86 bits per heavy atom. The topological polar surface area (TPSA) is 93.8 Å². The van der Waals surface area contributed by atoms with E-state index in [0.717, 1.165) is 30.8 Å². The fourth-order valence-corrected chi connectivity index (χ4v) is 4.41.